The van der Waals surface area contributed by atoms with Gasteiger partial charge in [0.15, 0.2) is 0 Å². The largest absolute Gasteiger partial charge is 0.416 e. The predicted molar refractivity (Wildman–Crippen MR) is 94.0 cm³/mol. The van der Waals surface area contributed by atoms with Crippen LogP contribution in [-0.4, -0.2) is 31.4 Å². The topological polar surface area (TPSA) is 61.4 Å². The molecule has 2 rings (SSSR count). The van der Waals surface area contributed by atoms with Gasteiger partial charge in [-0.3, -0.25) is 9.59 Å². The summed E-state index contributed by atoms with van der Waals surface area (Å²) in [6.07, 6.45) is -2.59. The third-order valence-corrected chi connectivity index (χ3v) is 4.14. The number of benzene rings is 1. The zero-order chi connectivity index (χ0) is 19.5. The van der Waals surface area contributed by atoms with Crippen LogP contribution in [0.2, 0.25) is 0 Å². The highest BCUT2D eigenvalue weighted by Gasteiger charge is 2.32. The Hall–Kier alpha value is -2.25. The normalized spacial score (nSPS) is 15.1. The van der Waals surface area contributed by atoms with Gasteiger partial charge in [-0.25, -0.2) is 0 Å². The molecule has 0 atom stereocenters. The molecule has 2 amide bonds. The van der Waals surface area contributed by atoms with Gasteiger partial charge in [0, 0.05) is 18.5 Å². The van der Waals surface area contributed by atoms with Crippen molar-refractivity contribution in [2.75, 3.05) is 29.9 Å². The number of alkyl halides is 3. The molecule has 1 aliphatic rings. The van der Waals surface area contributed by atoms with Gasteiger partial charge in [-0.2, -0.15) is 13.2 Å². The van der Waals surface area contributed by atoms with E-state index in [0.717, 1.165) is 38.1 Å². The van der Waals surface area contributed by atoms with Gasteiger partial charge in [0.05, 0.1) is 23.5 Å². The molecule has 0 radical (unpaired) electrons. The Morgan fingerprint density at radius 1 is 1.12 bits per heavy atom. The van der Waals surface area contributed by atoms with E-state index >= 15 is 0 Å². The average Bonchev–Trinajstić information content (AvgIpc) is 3.04. The molecule has 0 bridgehead atoms. The van der Waals surface area contributed by atoms with Gasteiger partial charge in [-0.05, 0) is 31.0 Å². The summed E-state index contributed by atoms with van der Waals surface area (Å²) < 4.78 is 39.0. The van der Waals surface area contributed by atoms with Crippen molar-refractivity contribution in [2.24, 2.45) is 5.41 Å². The highest BCUT2D eigenvalue weighted by molar-refractivity contribution is 5.97. The Kier molecular flexibility index (Phi) is 5.83. The Balaban J connectivity index is 2.16. The first-order valence-corrected chi connectivity index (χ1v) is 8.53. The number of nitrogens with one attached hydrogen (secondary N) is 2. The highest BCUT2D eigenvalue weighted by Crippen LogP contribution is 2.36. The van der Waals surface area contributed by atoms with Gasteiger partial charge in [0.25, 0.3) is 0 Å². The first-order valence-electron chi connectivity index (χ1n) is 8.53. The van der Waals surface area contributed by atoms with Gasteiger partial charge >= 0.3 is 6.18 Å². The van der Waals surface area contributed by atoms with Crippen LogP contribution in [0.5, 0.6) is 0 Å². The number of carbonyl (C=O) groups excluding carboxylic acids is 2. The average molecular weight is 371 g/mol. The fourth-order valence-corrected chi connectivity index (χ4v) is 2.67. The number of nitrogens with zero attached hydrogens (tertiary/aromatic N) is 1. The Morgan fingerprint density at radius 2 is 1.73 bits per heavy atom. The third kappa shape index (κ3) is 5.12. The SMILES string of the molecule is CC(C)(C)C(=O)NCC(=O)Nc1cc(C(F)(F)F)ccc1N1CCCC1. The summed E-state index contributed by atoms with van der Waals surface area (Å²) in [6.45, 7) is 6.28. The Morgan fingerprint density at radius 3 is 2.27 bits per heavy atom. The molecule has 144 valence electrons. The predicted octanol–water partition coefficient (Wildman–Crippen LogP) is 3.41. The number of rotatable bonds is 4. The molecule has 1 saturated heterocycles. The van der Waals surface area contributed by atoms with Crippen molar-refractivity contribution in [3.05, 3.63) is 23.8 Å². The number of hydrogen-bond acceptors (Lipinski definition) is 3. The van der Waals surface area contributed by atoms with Crippen LogP contribution in [0.3, 0.4) is 0 Å². The van der Waals surface area contributed by atoms with Gasteiger partial charge in [0.1, 0.15) is 0 Å². The third-order valence-electron chi connectivity index (χ3n) is 4.14. The lowest BCUT2D eigenvalue weighted by atomic mass is 9.96. The van der Waals surface area contributed by atoms with Gasteiger partial charge < -0.3 is 15.5 Å². The van der Waals surface area contributed by atoms with Crippen LogP contribution in [0.1, 0.15) is 39.2 Å². The second-order valence-corrected chi connectivity index (χ2v) is 7.40. The van der Waals surface area contributed by atoms with E-state index in [1.54, 1.807) is 20.8 Å². The number of amides is 2. The maximum Gasteiger partial charge on any atom is 0.416 e. The van der Waals surface area contributed by atoms with E-state index in [4.69, 9.17) is 0 Å². The Bertz CT molecular complexity index is 675. The first kappa shape index (κ1) is 20.1. The number of carbonyl (C=O) groups is 2. The molecule has 0 unspecified atom stereocenters. The van der Waals surface area contributed by atoms with Crippen molar-refractivity contribution >= 4 is 23.2 Å². The summed E-state index contributed by atoms with van der Waals surface area (Å²) in [7, 11) is 0. The molecular weight excluding hydrogens is 347 g/mol. The number of anilines is 2. The molecule has 0 spiro atoms. The Labute approximate surface area is 150 Å². The minimum Gasteiger partial charge on any atom is -0.370 e. The molecule has 1 aliphatic heterocycles. The zero-order valence-electron chi connectivity index (χ0n) is 15.2. The number of hydrogen-bond donors (Lipinski definition) is 2. The fourth-order valence-electron chi connectivity index (χ4n) is 2.67. The van der Waals surface area contributed by atoms with Gasteiger partial charge in [-0.15, -0.1) is 0 Å². The molecule has 0 aliphatic carbocycles. The lowest BCUT2D eigenvalue weighted by Crippen LogP contribution is -2.39. The maximum absolute atomic E-state index is 13.0. The van der Waals surface area contributed by atoms with Crippen LogP contribution < -0.4 is 15.5 Å². The van der Waals surface area contributed by atoms with E-state index in [0.29, 0.717) is 5.69 Å². The van der Waals surface area contributed by atoms with Crippen LogP contribution in [0.25, 0.3) is 0 Å². The van der Waals surface area contributed by atoms with E-state index < -0.39 is 23.1 Å². The van der Waals surface area contributed by atoms with E-state index in [1.165, 1.54) is 6.07 Å². The molecular formula is C18H24F3N3O2. The summed E-state index contributed by atoms with van der Waals surface area (Å²) in [6, 6.07) is 3.35. The second-order valence-electron chi connectivity index (χ2n) is 7.40. The fraction of sp³-hybridized carbons (Fsp3) is 0.556. The summed E-state index contributed by atoms with van der Waals surface area (Å²) in [5.41, 5.74) is -0.811. The van der Waals surface area contributed by atoms with Crippen LogP contribution in [-0.2, 0) is 15.8 Å². The molecule has 0 aromatic heterocycles. The molecule has 1 heterocycles. The van der Waals surface area contributed by atoms with Crippen molar-refractivity contribution in [3.8, 4) is 0 Å². The zero-order valence-corrected chi connectivity index (χ0v) is 15.2. The summed E-state index contributed by atoms with van der Waals surface area (Å²) in [4.78, 5) is 25.9. The van der Waals surface area contributed by atoms with Crippen LogP contribution in [0.15, 0.2) is 18.2 Å². The van der Waals surface area contributed by atoms with Crippen LogP contribution in [0.4, 0.5) is 24.5 Å². The minimum atomic E-state index is -4.50. The lowest BCUT2D eigenvalue weighted by molar-refractivity contribution is -0.137. The van der Waals surface area contributed by atoms with Crippen LogP contribution in [0, 0.1) is 5.41 Å². The minimum absolute atomic E-state index is 0.108. The molecule has 1 aromatic rings. The van der Waals surface area contributed by atoms with Gasteiger partial charge in [-0.1, -0.05) is 20.8 Å². The summed E-state index contributed by atoms with van der Waals surface area (Å²) in [5.74, 6) is -0.876. The quantitative estimate of drug-likeness (QED) is 0.853. The number of halogens is 3. The van der Waals surface area contributed by atoms with Crippen LogP contribution >= 0.6 is 0 Å². The van der Waals surface area contributed by atoms with Crippen molar-refractivity contribution in [1.82, 2.24) is 5.32 Å². The second kappa shape index (κ2) is 7.55. The smallest absolute Gasteiger partial charge is 0.370 e. The first-order chi connectivity index (χ1) is 12.0. The lowest BCUT2D eigenvalue weighted by Gasteiger charge is -2.23. The molecule has 1 fully saturated rings. The van der Waals surface area contributed by atoms with Crippen molar-refractivity contribution in [2.45, 2.75) is 39.8 Å². The molecule has 1 aromatic carbocycles. The van der Waals surface area contributed by atoms with E-state index in [2.05, 4.69) is 10.6 Å². The highest BCUT2D eigenvalue weighted by atomic mass is 19.4. The van der Waals surface area contributed by atoms with Crippen molar-refractivity contribution < 1.29 is 22.8 Å². The summed E-state index contributed by atoms with van der Waals surface area (Å²) in [5, 5.41) is 5.00. The van der Waals surface area contributed by atoms with Crippen molar-refractivity contribution in [3.63, 3.8) is 0 Å². The monoisotopic (exact) mass is 371 g/mol. The van der Waals surface area contributed by atoms with Gasteiger partial charge in [0.2, 0.25) is 11.8 Å². The molecule has 0 saturated carbocycles. The summed E-state index contributed by atoms with van der Waals surface area (Å²) >= 11 is 0. The standard InChI is InChI=1S/C18H24F3N3O2/c1-17(2,3)16(26)22-11-15(25)23-13-10-12(18(19,20)21)6-7-14(13)24-8-4-5-9-24/h6-7,10H,4-5,8-9,11H2,1-3H3,(H,22,26)(H,23,25). The molecule has 8 heteroatoms. The maximum atomic E-state index is 13.0. The van der Waals surface area contributed by atoms with E-state index in [9.17, 15) is 22.8 Å². The van der Waals surface area contributed by atoms with Crippen molar-refractivity contribution in [1.29, 1.82) is 0 Å². The molecule has 26 heavy (non-hydrogen) atoms. The van der Waals surface area contributed by atoms with E-state index in [-0.39, 0.29) is 18.1 Å². The molecule has 5 nitrogen and oxygen atoms in total. The molecule has 2 N–H and O–H groups in total. The van der Waals surface area contributed by atoms with E-state index in [1.807, 2.05) is 4.90 Å².